The van der Waals surface area contributed by atoms with Gasteiger partial charge in [-0.1, -0.05) is 28.5 Å². The van der Waals surface area contributed by atoms with E-state index in [1.54, 1.807) is 19.1 Å². The van der Waals surface area contributed by atoms with Gasteiger partial charge < -0.3 is 29.0 Å². The molecule has 1 atom stereocenters. The van der Waals surface area contributed by atoms with Crippen LogP contribution in [0.4, 0.5) is 0 Å². The Labute approximate surface area is 189 Å². The summed E-state index contributed by atoms with van der Waals surface area (Å²) in [6, 6.07) is 9.14. The van der Waals surface area contributed by atoms with E-state index >= 15 is 0 Å². The number of ether oxygens (including phenoxy) is 1. The first-order valence-corrected chi connectivity index (χ1v) is 13.9. The summed E-state index contributed by atoms with van der Waals surface area (Å²) in [6.07, 6.45) is 1.05. The number of benzene rings is 2. The largest absolute Gasteiger partial charge is 0.508 e. The zero-order chi connectivity index (χ0) is 23.9. The van der Waals surface area contributed by atoms with E-state index in [1.807, 2.05) is 6.66 Å². The van der Waals surface area contributed by atoms with E-state index in [1.165, 1.54) is 37.4 Å². The first-order valence-electron chi connectivity index (χ1n) is 10.3. The Bertz CT molecular complexity index is 1180. The van der Waals surface area contributed by atoms with E-state index in [4.69, 9.17) is 13.7 Å². The molecule has 0 amide bonds. The summed E-state index contributed by atoms with van der Waals surface area (Å²) in [5, 5.41) is 31.3. The third kappa shape index (κ3) is 6.29. The topological polar surface area (TPSA) is 109 Å². The minimum Gasteiger partial charge on any atom is -0.508 e. The number of phenols is 2. The van der Waals surface area contributed by atoms with Crippen LogP contribution in [0.5, 0.6) is 23.0 Å². The number of aromatic hydroxyl groups is 3. The van der Waals surface area contributed by atoms with Crippen molar-refractivity contribution < 1.29 is 33.6 Å². The van der Waals surface area contributed by atoms with Crippen LogP contribution >= 0.6 is 15.6 Å². The zero-order valence-electron chi connectivity index (χ0n) is 19.0. The molecule has 0 radical (unpaired) electrons. The molecular formula is C23H30O7P2. The van der Waals surface area contributed by atoms with Gasteiger partial charge in [-0.15, -0.1) is 0 Å². The molecule has 0 aliphatic carbocycles. The molecule has 3 aromatic rings. The summed E-state index contributed by atoms with van der Waals surface area (Å²) in [6.45, 7) is 9.61. The van der Waals surface area contributed by atoms with E-state index in [9.17, 15) is 19.9 Å². The molecule has 9 heteroatoms. The van der Waals surface area contributed by atoms with Gasteiger partial charge in [-0.2, -0.15) is 0 Å². The molecule has 1 aromatic heterocycles. The first-order chi connectivity index (χ1) is 15.2. The van der Waals surface area contributed by atoms with Gasteiger partial charge in [-0.3, -0.25) is 4.57 Å². The van der Waals surface area contributed by atoms with Crippen LogP contribution in [0.15, 0.2) is 40.8 Å². The van der Waals surface area contributed by atoms with Crippen molar-refractivity contribution in [2.45, 2.75) is 27.2 Å². The summed E-state index contributed by atoms with van der Waals surface area (Å²) in [5.41, 5.74) is 0.861. The molecule has 174 valence electrons. The van der Waals surface area contributed by atoms with Gasteiger partial charge in [0.1, 0.15) is 11.3 Å². The van der Waals surface area contributed by atoms with Crippen molar-refractivity contribution in [1.29, 1.82) is 0 Å². The third-order valence-corrected chi connectivity index (χ3v) is 6.48. The minimum absolute atomic E-state index is 0.0422. The highest BCUT2D eigenvalue weighted by atomic mass is 31.2. The van der Waals surface area contributed by atoms with Gasteiger partial charge >= 0.3 is 0 Å². The van der Waals surface area contributed by atoms with Crippen LogP contribution in [0, 0.1) is 4.94 Å². The van der Waals surface area contributed by atoms with Crippen molar-refractivity contribution >= 4 is 26.5 Å². The van der Waals surface area contributed by atoms with Crippen LogP contribution in [0.25, 0.3) is 22.3 Å². The van der Waals surface area contributed by atoms with Gasteiger partial charge in [0.25, 0.3) is 0 Å². The molecule has 0 bridgehead atoms. The zero-order valence-corrected chi connectivity index (χ0v) is 20.7. The molecule has 7 nitrogen and oxygen atoms in total. The number of fused-ring (bicyclic) bond motifs is 1. The summed E-state index contributed by atoms with van der Waals surface area (Å²) in [4.78, 5) is 0.645. The van der Waals surface area contributed by atoms with Crippen LogP contribution in [-0.2, 0) is 9.09 Å². The van der Waals surface area contributed by atoms with Crippen molar-refractivity contribution in [2.75, 3.05) is 26.3 Å². The Balaban J connectivity index is 0.00000114. The highest BCUT2D eigenvalue weighted by Gasteiger charge is 2.19. The number of rotatable bonds is 6. The molecule has 0 fully saturated rings. The fourth-order valence-corrected chi connectivity index (χ4v) is 4.61. The van der Waals surface area contributed by atoms with Gasteiger partial charge in [-0.05, 0) is 43.9 Å². The van der Waals surface area contributed by atoms with Gasteiger partial charge in [0.2, 0.25) is 7.37 Å². The van der Waals surface area contributed by atoms with Gasteiger partial charge in [0.15, 0.2) is 29.4 Å². The summed E-state index contributed by atoms with van der Waals surface area (Å²) < 4.78 is 28.8. The lowest BCUT2D eigenvalue weighted by Crippen LogP contribution is -2.01. The lowest BCUT2D eigenvalue weighted by molar-refractivity contribution is 0.291. The van der Waals surface area contributed by atoms with Crippen molar-refractivity contribution in [1.82, 2.24) is 0 Å². The Kier molecular flexibility index (Phi) is 9.21. The lowest BCUT2D eigenvalue weighted by atomic mass is 10.1. The van der Waals surface area contributed by atoms with Gasteiger partial charge in [0.05, 0.1) is 11.5 Å². The molecule has 0 spiro atoms. The molecular weight excluding hydrogens is 450 g/mol. The molecule has 0 saturated carbocycles. The molecule has 3 N–H and O–H groups in total. The highest BCUT2D eigenvalue weighted by Crippen LogP contribution is 2.44. The normalized spacial score (nSPS) is 13.3. The van der Waals surface area contributed by atoms with E-state index in [2.05, 4.69) is 13.8 Å². The average molecular weight is 480 g/mol. The standard InChI is InChI=1S/C20H22O7P2.C3H8/c1-4-26-29(3,24)11-25-17-9-12(5-8-15(17)22)19-18(23)20(28-2)14-7-6-13(21)10-16(14)27-19;1-3-2/h5-10,21-23H,4,11H2,1-3H3;3H2,1-2H3. The van der Waals surface area contributed by atoms with Gasteiger partial charge in [-0.25, -0.2) is 0 Å². The van der Waals surface area contributed by atoms with Crippen LogP contribution < -0.4 is 4.74 Å². The fraction of sp³-hybridized carbons (Fsp3) is 0.348. The lowest BCUT2D eigenvalue weighted by Gasteiger charge is -2.15. The Hall–Kier alpha value is -2.46. The Morgan fingerprint density at radius 2 is 1.75 bits per heavy atom. The number of phenolic OH excluding ortho intramolecular Hbond substituents is 2. The minimum atomic E-state index is -2.96. The smallest absolute Gasteiger partial charge is 0.236 e. The molecule has 3 rings (SSSR count). The highest BCUT2D eigenvalue weighted by molar-refractivity contribution is 7.57. The summed E-state index contributed by atoms with van der Waals surface area (Å²) in [7, 11) is -2.15. The summed E-state index contributed by atoms with van der Waals surface area (Å²) >= 11 is 0. The quantitative estimate of drug-likeness (QED) is 0.325. The van der Waals surface area contributed by atoms with E-state index in [0.717, 1.165) is 8.20 Å². The van der Waals surface area contributed by atoms with Crippen LogP contribution in [0.2, 0.25) is 0 Å². The number of hydrogen-bond acceptors (Lipinski definition) is 7. The second-order valence-electron chi connectivity index (χ2n) is 7.13. The maximum atomic E-state index is 12.3. The second kappa shape index (κ2) is 11.4. The maximum Gasteiger partial charge on any atom is 0.236 e. The van der Waals surface area contributed by atoms with E-state index in [-0.39, 0.29) is 35.1 Å². The van der Waals surface area contributed by atoms with Crippen LogP contribution in [-0.4, -0.2) is 41.6 Å². The molecule has 1 heterocycles. The van der Waals surface area contributed by atoms with Crippen molar-refractivity contribution in [3.8, 4) is 34.3 Å². The predicted molar refractivity (Wildman–Crippen MR) is 129 cm³/mol. The maximum absolute atomic E-state index is 12.3. The molecule has 32 heavy (non-hydrogen) atoms. The average Bonchev–Trinajstić information content (AvgIpc) is 2.73. The predicted octanol–water partition coefficient (Wildman–Crippen LogP) is 7.02. The van der Waals surface area contributed by atoms with Gasteiger partial charge in [0, 0.05) is 23.7 Å². The molecule has 1 unspecified atom stereocenters. The van der Waals surface area contributed by atoms with E-state index in [0.29, 0.717) is 28.1 Å². The van der Waals surface area contributed by atoms with Crippen LogP contribution in [0.1, 0.15) is 27.2 Å². The third-order valence-electron chi connectivity index (χ3n) is 4.17. The van der Waals surface area contributed by atoms with Crippen molar-refractivity contribution in [3.63, 3.8) is 0 Å². The molecule has 0 aliphatic heterocycles. The SMILES string of the molecule is CCC.CCOP(C)(=O)COc1cc(-c2oc3cc(O)ccc3c(=PC)c2O)ccc1O. The fourth-order valence-electron chi connectivity index (χ4n) is 2.87. The summed E-state index contributed by atoms with van der Waals surface area (Å²) in [5.74, 6) is 0.115. The van der Waals surface area contributed by atoms with Crippen molar-refractivity contribution in [3.05, 3.63) is 41.3 Å². The Morgan fingerprint density at radius 3 is 2.38 bits per heavy atom. The molecule has 0 aliphatic rings. The van der Waals surface area contributed by atoms with E-state index < -0.39 is 7.37 Å². The monoisotopic (exact) mass is 480 g/mol. The number of hydrogen-bond donors (Lipinski definition) is 3. The van der Waals surface area contributed by atoms with Crippen molar-refractivity contribution in [2.24, 2.45) is 0 Å². The Morgan fingerprint density at radius 1 is 1.06 bits per heavy atom. The van der Waals surface area contributed by atoms with Crippen LogP contribution in [0.3, 0.4) is 0 Å². The first kappa shape index (κ1) is 25.8. The molecule has 2 aromatic carbocycles. The molecule has 0 saturated heterocycles. The second-order valence-corrected chi connectivity index (χ2v) is 10.6.